The van der Waals surface area contributed by atoms with Crippen LogP contribution < -0.4 is 4.74 Å². The van der Waals surface area contributed by atoms with E-state index in [1.165, 1.54) is 6.42 Å². The van der Waals surface area contributed by atoms with Gasteiger partial charge in [0.05, 0.1) is 15.7 Å². The molecule has 38 heavy (non-hydrogen) atoms. The van der Waals surface area contributed by atoms with E-state index < -0.39 is 0 Å². The van der Waals surface area contributed by atoms with Crippen LogP contribution in [0.15, 0.2) is 72.8 Å². The van der Waals surface area contributed by atoms with Crippen LogP contribution in [-0.2, 0) is 6.61 Å². The number of halogens is 2. The van der Waals surface area contributed by atoms with Gasteiger partial charge in [-0.3, -0.25) is 4.79 Å². The maximum Gasteiger partial charge on any atom is 0.159 e. The molecule has 0 radical (unpaired) electrons. The van der Waals surface area contributed by atoms with E-state index in [4.69, 9.17) is 27.9 Å². The SMILES string of the molecule is C.CC.CC(=O)c1cccc(-n2c(C)ccc2-c2cc(C)ccc2OCc2ccc(Cl)c(Cl)c2)c1.CCC. The zero-order valence-corrected chi connectivity index (χ0v) is 24.4. The van der Waals surface area contributed by atoms with Crippen LogP contribution in [0, 0.1) is 13.8 Å². The van der Waals surface area contributed by atoms with E-state index in [0.717, 1.165) is 39.5 Å². The van der Waals surface area contributed by atoms with Gasteiger partial charge >= 0.3 is 0 Å². The molecule has 3 nitrogen and oxygen atoms in total. The van der Waals surface area contributed by atoms with Crippen molar-refractivity contribution in [3.05, 3.63) is 105 Å². The van der Waals surface area contributed by atoms with Crippen LogP contribution in [0.2, 0.25) is 10.0 Å². The van der Waals surface area contributed by atoms with Gasteiger partial charge in [0.1, 0.15) is 12.4 Å². The van der Waals surface area contributed by atoms with E-state index in [9.17, 15) is 4.79 Å². The van der Waals surface area contributed by atoms with Gasteiger partial charge in [0.15, 0.2) is 5.78 Å². The number of benzene rings is 3. The molecule has 0 atom stereocenters. The molecule has 4 rings (SSSR count). The fourth-order valence-electron chi connectivity index (χ4n) is 3.72. The fourth-order valence-corrected chi connectivity index (χ4v) is 4.04. The molecule has 0 aliphatic heterocycles. The van der Waals surface area contributed by atoms with Crippen LogP contribution >= 0.6 is 23.2 Å². The molecule has 0 spiro atoms. The molecular weight excluding hydrogens is 513 g/mol. The Kier molecular flexibility index (Phi) is 14.0. The van der Waals surface area contributed by atoms with E-state index in [2.05, 4.69) is 50.5 Å². The largest absolute Gasteiger partial charge is 0.488 e. The predicted octanol–water partition coefficient (Wildman–Crippen LogP) is 10.9. The fraction of sp³-hybridized carbons (Fsp3) is 0.303. The molecular formula is C33H41Cl2NO2. The summed E-state index contributed by atoms with van der Waals surface area (Å²) in [7, 11) is 0. The van der Waals surface area contributed by atoms with Crippen LogP contribution in [-0.4, -0.2) is 10.4 Å². The van der Waals surface area contributed by atoms with Crippen molar-refractivity contribution < 1.29 is 9.53 Å². The first-order chi connectivity index (χ1) is 17.7. The van der Waals surface area contributed by atoms with Crippen molar-refractivity contribution in [3.8, 4) is 22.7 Å². The lowest BCUT2D eigenvalue weighted by molar-refractivity contribution is 0.101. The number of aromatic nitrogens is 1. The second-order valence-electron chi connectivity index (χ2n) is 8.55. The van der Waals surface area contributed by atoms with Gasteiger partial charge in [-0.1, -0.05) is 94.6 Å². The smallest absolute Gasteiger partial charge is 0.159 e. The van der Waals surface area contributed by atoms with Gasteiger partial charge in [0.25, 0.3) is 0 Å². The van der Waals surface area contributed by atoms with Crippen LogP contribution in [0.5, 0.6) is 5.75 Å². The first-order valence-electron chi connectivity index (χ1n) is 12.7. The third-order valence-electron chi connectivity index (χ3n) is 5.38. The zero-order valence-electron chi connectivity index (χ0n) is 22.9. The number of carbonyl (C=O) groups is 1. The third kappa shape index (κ3) is 8.51. The second kappa shape index (κ2) is 16.1. The topological polar surface area (TPSA) is 31.2 Å². The molecule has 0 fully saturated rings. The summed E-state index contributed by atoms with van der Waals surface area (Å²) in [5.74, 6) is 0.808. The van der Waals surface area contributed by atoms with E-state index >= 15 is 0 Å². The molecule has 0 aliphatic rings. The summed E-state index contributed by atoms with van der Waals surface area (Å²) in [6.45, 7) is 14.3. The molecule has 204 valence electrons. The Morgan fingerprint density at radius 1 is 0.868 bits per heavy atom. The standard InChI is InChI=1S/C27H23Cl2NO2.C3H8.C2H6.CH4/c1-17-7-12-27(32-16-20-9-10-24(28)25(29)14-20)23(13-17)26-11-8-18(2)30(26)22-6-4-5-21(15-22)19(3)31;1-3-2;1-2;/h4-15H,16H2,1-3H3;3H2,1-2H3;1-2H3;1H4. The molecule has 0 N–H and O–H groups in total. The number of Topliss-reactive ketones (excluding diaryl/α,β-unsaturated/α-hetero) is 1. The van der Waals surface area contributed by atoms with Crippen LogP contribution in [0.3, 0.4) is 0 Å². The van der Waals surface area contributed by atoms with Crippen LogP contribution in [0.1, 0.15) is 75.6 Å². The van der Waals surface area contributed by atoms with Gasteiger partial charge < -0.3 is 9.30 Å². The molecule has 5 heteroatoms. The van der Waals surface area contributed by atoms with Gasteiger partial charge in [0.2, 0.25) is 0 Å². The Morgan fingerprint density at radius 2 is 1.55 bits per heavy atom. The summed E-state index contributed by atoms with van der Waals surface area (Å²) in [5.41, 5.74) is 6.73. The van der Waals surface area contributed by atoms with Gasteiger partial charge in [-0.05, 0) is 74.9 Å². The van der Waals surface area contributed by atoms with Crippen molar-refractivity contribution in [2.24, 2.45) is 0 Å². The summed E-state index contributed by atoms with van der Waals surface area (Å²) in [4.78, 5) is 11.9. The quantitative estimate of drug-likeness (QED) is 0.222. The van der Waals surface area contributed by atoms with Crippen molar-refractivity contribution in [1.82, 2.24) is 4.57 Å². The summed E-state index contributed by atoms with van der Waals surface area (Å²) in [6, 6.07) is 23.5. The number of hydrogen-bond donors (Lipinski definition) is 0. The number of hydrogen-bond acceptors (Lipinski definition) is 2. The van der Waals surface area contributed by atoms with Gasteiger partial charge in [0, 0.05) is 22.5 Å². The molecule has 0 saturated carbocycles. The molecule has 1 aromatic heterocycles. The van der Waals surface area contributed by atoms with Crippen molar-refractivity contribution in [2.75, 3.05) is 0 Å². The van der Waals surface area contributed by atoms with Gasteiger partial charge in [-0.25, -0.2) is 0 Å². The number of nitrogens with zero attached hydrogens (tertiary/aromatic N) is 1. The Balaban J connectivity index is 0.00000112. The van der Waals surface area contributed by atoms with Gasteiger partial charge in [-0.15, -0.1) is 0 Å². The Labute approximate surface area is 239 Å². The first kappa shape index (κ1) is 33.0. The molecule has 1 heterocycles. The normalized spacial score (nSPS) is 9.82. The zero-order chi connectivity index (χ0) is 27.5. The highest BCUT2D eigenvalue weighted by Crippen LogP contribution is 2.35. The maximum atomic E-state index is 11.9. The van der Waals surface area contributed by atoms with E-state index in [-0.39, 0.29) is 13.2 Å². The predicted molar refractivity (Wildman–Crippen MR) is 166 cm³/mol. The minimum Gasteiger partial charge on any atom is -0.488 e. The van der Waals surface area contributed by atoms with Crippen molar-refractivity contribution >= 4 is 29.0 Å². The highest BCUT2D eigenvalue weighted by Gasteiger charge is 2.15. The maximum absolute atomic E-state index is 11.9. The van der Waals surface area contributed by atoms with Crippen molar-refractivity contribution in [1.29, 1.82) is 0 Å². The number of ether oxygens (including phenoxy) is 1. The third-order valence-corrected chi connectivity index (χ3v) is 6.12. The number of ketones is 1. The van der Waals surface area contributed by atoms with Gasteiger partial charge in [-0.2, -0.15) is 0 Å². The molecule has 0 unspecified atom stereocenters. The molecule has 4 aromatic rings. The molecule has 0 aliphatic carbocycles. The van der Waals surface area contributed by atoms with Crippen molar-refractivity contribution in [3.63, 3.8) is 0 Å². The minimum absolute atomic E-state index is 0. The highest BCUT2D eigenvalue weighted by atomic mass is 35.5. The Hall–Kier alpha value is -3.01. The van der Waals surface area contributed by atoms with E-state index in [1.54, 1.807) is 13.0 Å². The average molecular weight is 555 g/mol. The van der Waals surface area contributed by atoms with Crippen LogP contribution in [0.25, 0.3) is 16.9 Å². The average Bonchev–Trinajstić information content (AvgIpc) is 3.28. The lowest BCUT2D eigenvalue weighted by atomic mass is 10.1. The first-order valence-corrected chi connectivity index (χ1v) is 13.5. The monoisotopic (exact) mass is 553 g/mol. The van der Waals surface area contributed by atoms with Crippen molar-refractivity contribution in [2.45, 2.75) is 68.9 Å². The molecule has 0 amide bonds. The summed E-state index contributed by atoms with van der Waals surface area (Å²) < 4.78 is 8.37. The van der Waals surface area contributed by atoms with E-state index in [1.807, 2.05) is 62.4 Å². The van der Waals surface area contributed by atoms with E-state index in [0.29, 0.717) is 22.2 Å². The molecule has 0 saturated heterocycles. The minimum atomic E-state index is 0. The lowest BCUT2D eigenvalue weighted by Gasteiger charge is -2.17. The summed E-state index contributed by atoms with van der Waals surface area (Å²) >= 11 is 12.2. The highest BCUT2D eigenvalue weighted by molar-refractivity contribution is 6.42. The summed E-state index contributed by atoms with van der Waals surface area (Å²) in [5, 5.41) is 1.03. The van der Waals surface area contributed by atoms with Crippen LogP contribution in [0.4, 0.5) is 0 Å². The number of carbonyl (C=O) groups excluding carboxylic acids is 1. The Morgan fingerprint density at radius 3 is 2.18 bits per heavy atom. The summed E-state index contributed by atoms with van der Waals surface area (Å²) in [6.07, 6.45) is 1.25. The lowest BCUT2D eigenvalue weighted by Crippen LogP contribution is -2.03. The Bertz CT molecular complexity index is 1320. The number of aryl methyl sites for hydroxylation is 2. The number of rotatable bonds is 6. The molecule has 0 bridgehead atoms. The second-order valence-corrected chi connectivity index (χ2v) is 9.36. The molecule has 3 aromatic carbocycles.